The Hall–Kier alpha value is -1.07. The summed E-state index contributed by atoms with van der Waals surface area (Å²) in [6.07, 6.45) is 3.60. The molecule has 1 unspecified atom stereocenters. The smallest absolute Gasteiger partial charge is 0.244 e. The summed E-state index contributed by atoms with van der Waals surface area (Å²) in [5.41, 5.74) is 0.440. The first-order valence-corrected chi connectivity index (χ1v) is 8.49. The van der Waals surface area contributed by atoms with Crippen LogP contribution in [-0.2, 0) is 4.79 Å². The Bertz CT molecular complexity index is 571. The molecule has 0 aromatic heterocycles. The predicted octanol–water partition coefficient (Wildman–Crippen LogP) is 2.93. The fraction of sp³-hybridized carbons (Fsp3) is 0.562. The Morgan fingerprint density at radius 3 is 2.76 bits per heavy atom. The number of thioether (sulfide) groups is 1. The fourth-order valence-electron chi connectivity index (χ4n) is 2.85. The largest absolute Gasteiger partial charge is 0.320 e. The second-order valence-corrected chi connectivity index (χ2v) is 8.09. The normalized spacial score (nSPS) is 23.9. The molecule has 1 spiro atoms. The first kappa shape index (κ1) is 14.9. The molecule has 1 saturated heterocycles. The van der Waals surface area contributed by atoms with E-state index in [1.807, 2.05) is 11.0 Å². The van der Waals surface area contributed by atoms with E-state index in [4.69, 9.17) is 0 Å². The minimum absolute atomic E-state index is 0.0245. The molecular weight excluding hydrogens is 287 g/mol. The molecule has 5 heteroatoms. The van der Waals surface area contributed by atoms with Crippen molar-refractivity contribution < 1.29 is 9.18 Å². The predicted molar refractivity (Wildman–Crippen MR) is 83.5 cm³/mol. The highest BCUT2D eigenvalue weighted by Gasteiger charge is 2.59. The van der Waals surface area contributed by atoms with Crippen molar-refractivity contribution >= 4 is 17.7 Å². The lowest BCUT2D eigenvalue weighted by atomic mass is 10.1. The zero-order chi connectivity index (χ0) is 15.3. The summed E-state index contributed by atoms with van der Waals surface area (Å²) >= 11 is 1.74. The lowest BCUT2D eigenvalue weighted by Crippen LogP contribution is -2.40. The van der Waals surface area contributed by atoms with Crippen LogP contribution in [0.4, 0.5) is 4.39 Å². The number of hydrogen-bond donors (Lipinski definition) is 1. The Morgan fingerprint density at radius 1 is 1.48 bits per heavy atom. The standard InChI is InChI=1S/C16H21FN2OS/c1-15(2,21-3)10-19-13(11-5-4-6-12(17)9-11)18-16(7-8-16)14(19)20/h4-6,9,13,18H,7-8,10H2,1-3H3. The minimum Gasteiger partial charge on any atom is -0.320 e. The highest BCUT2D eigenvalue weighted by Crippen LogP contribution is 2.46. The molecule has 1 aromatic carbocycles. The Morgan fingerprint density at radius 2 is 2.19 bits per heavy atom. The third kappa shape index (κ3) is 2.69. The first-order chi connectivity index (χ1) is 9.87. The van der Waals surface area contributed by atoms with Gasteiger partial charge in [0.2, 0.25) is 5.91 Å². The molecule has 1 aliphatic carbocycles. The van der Waals surface area contributed by atoms with Gasteiger partial charge in [0.15, 0.2) is 0 Å². The van der Waals surface area contributed by atoms with Crippen LogP contribution in [0.3, 0.4) is 0 Å². The maximum absolute atomic E-state index is 13.5. The van der Waals surface area contributed by atoms with E-state index < -0.39 is 0 Å². The van der Waals surface area contributed by atoms with Crippen LogP contribution in [0.5, 0.6) is 0 Å². The number of carbonyl (C=O) groups excluding carboxylic acids is 1. The Balaban J connectivity index is 1.91. The van der Waals surface area contributed by atoms with Gasteiger partial charge in [0.05, 0.1) is 0 Å². The third-order valence-electron chi connectivity index (χ3n) is 4.41. The van der Waals surface area contributed by atoms with Gasteiger partial charge in [-0.25, -0.2) is 4.39 Å². The van der Waals surface area contributed by atoms with E-state index in [2.05, 4.69) is 25.4 Å². The molecule has 3 rings (SSSR count). The van der Waals surface area contributed by atoms with Gasteiger partial charge in [-0.05, 0) is 50.6 Å². The minimum atomic E-state index is -0.383. The van der Waals surface area contributed by atoms with Crippen molar-refractivity contribution in [2.75, 3.05) is 12.8 Å². The third-order valence-corrected chi connectivity index (χ3v) is 5.65. The average Bonchev–Trinajstić information content (AvgIpc) is 3.18. The molecular formula is C16H21FN2OS. The van der Waals surface area contributed by atoms with Crippen molar-refractivity contribution in [2.24, 2.45) is 0 Å². The number of rotatable bonds is 4. The van der Waals surface area contributed by atoms with Gasteiger partial charge in [0.1, 0.15) is 17.5 Å². The van der Waals surface area contributed by atoms with Crippen LogP contribution < -0.4 is 5.32 Å². The quantitative estimate of drug-likeness (QED) is 0.928. The Kier molecular flexibility index (Phi) is 3.53. The van der Waals surface area contributed by atoms with Crippen LogP contribution in [0.25, 0.3) is 0 Å². The summed E-state index contributed by atoms with van der Waals surface area (Å²) in [7, 11) is 0. The van der Waals surface area contributed by atoms with Crippen LogP contribution in [0.1, 0.15) is 38.4 Å². The van der Waals surface area contributed by atoms with Crippen molar-refractivity contribution in [3.05, 3.63) is 35.6 Å². The highest BCUT2D eigenvalue weighted by atomic mass is 32.2. The summed E-state index contributed by atoms with van der Waals surface area (Å²) in [5, 5.41) is 3.43. The van der Waals surface area contributed by atoms with Gasteiger partial charge in [-0.1, -0.05) is 12.1 Å². The zero-order valence-corrected chi connectivity index (χ0v) is 13.5. The molecule has 21 heavy (non-hydrogen) atoms. The molecule has 1 aliphatic heterocycles. The molecule has 1 amide bonds. The van der Waals surface area contributed by atoms with Gasteiger partial charge in [-0.15, -0.1) is 0 Å². The number of benzene rings is 1. The van der Waals surface area contributed by atoms with Gasteiger partial charge in [-0.3, -0.25) is 10.1 Å². The first-order valence-electron chi connectivity index (χ1n) is 7.26. The summed E-state index contributed by atoms with van der Waals surface area (Å²) in [6, 6.07) is 6.54. The van der Waals surface area contributed by atoms with Crippen LogP contribution in [0, 0.1) is 5.82 Å². The summed E-state index contributed by atoms with van der Waals surface area (Å²) in [4.78, 5) is 14.6. The van der Waals surface area contributed by atoms with Crippen molar-refractivity contribution in [3.63, 3.8) is 0 Å². The number of nitrogens with zero attached hydrogens (tertiary/aromatic N) is 1. The molecule has 1 N–H and O–H groups in total. The molecule has 2 fully saturated rings. The van der Waals surface area contributed by atoms with Gasteiger partial charge in [-0.2, -0.15) is 11.8 Å². The molecule has 114 valence electrons. The fourth-order valence-corrected chi connectivity index (χ4v) is 3.12. The van der Waals surface area contributed by atoms with Gasteiger partial charge in [0, 0.05) is 11.3 Å². The molecule has 0 bridgehead atoms. The highest BCUT2D eigenvalue weighted by molar-refractivity contribution is 7.99. The van der Waals surface area contributed by atoms with E-state index >= 15 is 0 Å². The van der Waals surface area contributed by atoms with Crippen LogP contribution in [-0.4, -0.2) is 33.9 Å². The summed E-state index contributed by atoms with van der Waals surface area (Å²) in [6.45, 7) is 4.92. The topological polar surface area (TPSA) is 32.3 Å². The van der Waals surface area contributed by atoms with Gasteiger partial charge < -0.3 is 4.90 Å². The van der Waals surface area contributed by atoms with Crippen molar-refractivity contribution in [1.82, 2.24) is 10.2 Å². The molecule has 1 atom stereocenters. The molecule has 1 saturated carbocycles. The maximum Gasteiger partial charge on any atom is 0.244 e. The Labute approximate surface area is 129 Å². The lowest BCUT2D eigenvalue weighted by Gasteiger charge is -2.32. The second kappa shape index (κ2) is 4.99. The monoisotopic (exact) mass is 308 g/mol. The number of nitrogens with one attached hydrogen (secondary N) is 1. The van der Waals surface area contributed by atoms with E-state index in [-0.39, 0.29) is 28.2 Å². The molecule has 1 heterocycles. The molecule has 1 aromatic rings. The SMILES string of the molecule is CSC(C)(C)CN1C(=O)C2(CC2)NC1c1cccc(F)c1. The number of amides is 1. The van der Waals surface area contributed by atoms with E-state index in [1.165, 1.54) is 12.1 Å². The van der Waals surface area contributed by atoms with E-state index in [9.17, 15) is 9.18 Å². The van der Waals surface area contributed by atoms with Crippen LogP contribution in [0.2, 0.25) is 0 Å². The number of hydrogen-bond acceptors (Lipinski definition) is 3. The van der Waals surface area contributed by atoms with Crippen molar-refractivity contribution in [3.8, 4) is 0 Å². The summed E-state index contributed by atoms with van der Waals surface area (Å²) < 4.78 is 13.5. The van der Waals surface area contributed by atoms with E-state index in [0.717, 1.165) is 18.4 Å². The molecule has 3 nitrogen and oxygen atoms in total. The summed E-state index contributed by atoms with van der Waals surface area (Å²) in [5.74, 6) is -0.0959. The van der Waals surface area contributed by atoms with Gasteiger partial charge in [0.25, 0.3) is 0 Å². The molecule has 0 radical (unpaired) electrons. The maximum atomic E-state index is 13.5. The van der Waals surface area contributed by atoms with E-state index in [0.29, 0.717) is 6.54 Å². The second-order valence-electron chi connectivity index (χ2n) is 6.58. The number of halogens is 1. The lowest BCUT2D eigenvalue weighted by molar-refractivity contribution is -0.131. The number of carbonyl (C=O) groups is 1. The van der Waals surface area contributed by atoms with Crippen molar-refractivity contribution in [1.29, 1.82) is 0 Å². The molecule has 2 aliphatic rings. The van der Waals surface area contributed by atoms with Crippen LogP contribution >= 0.6 is 11.8 Å². The van der Waals surface area contributed by atoms with Crippen molar-refractivity contribution in [2.45, 2.75) is 43.1 Å². The van der Waals surface area contributed by atoms with Crippen LogP contribution in [0.15, 0.2) is 24.3 Å². The van der Waals surface area contributed by atoms with E-state index in [1.54, 1.807) is 17.8 Å². The van der Waals surface area contributed by atoms with Gasteiger partial charge >= 0.3 is 0 Å². The zero-order valence-electron chi connectivity index (χ0n) is 12.6. The average molecular weight is 308 g/mol.